The molecule has 23 heavy (non-hydrogen) atoms. The first kappa shape index (κ1) is 14.4. The van der Waals surface area contributed by atoms with Gasteiger partial charge in [-0.15, -0.1) is 0 Å². The van der Waals surface area contributed by atoms with E-state index in [1.807, 2.05) is 6.07 Å². The van der Waals surface area contributed by atoms with Crippen molar-refractivity contribution in [1.82, 2.24) is 10.2 Å². The molecule has 0 amide bonds. The average Bonchev–Trinajstić information content (AvgIpc) is 3.03. The van der Waals surface area contributed by atoms with Crippen LogP contribution in [0.5, 0.6) is 11.5 Å². The number of ether oxygens (including phenoxy) is 1. The van der Waals surface area contributed by atoms with E-state index in [9.17, 15) is 9.90 Å². The minimum absolute atomic E-state index is 0.154. The van der Waals surface area contributed by atoms with Crippen LogP contribution >= 0.6 is 0 Å². The normalized spacial score (nSPS) is 10.0. The van der Waals surface area contributed by atoms with Gasteiger partial charge < -0.3 is 9.84 Å². The van der Waals surface area contributed by atoms with Gasteiger partial charge in [0.2, 0.25) is 0 Å². The minimum atomic E-state index is -1.03. The summed E-state index contributed by atoms with van der Waals surface area (Å²) in [6, 6.07) is 15.2. The Morgan fingerprint density at radius 1 is 1.17 bits per heavy atom. The van der Waals surface area contributed by atoms with Gasteiger partial charge in [0.15, 0.2) is 5.75 Å². The van der Waals surface area contributed by atoms with Crippen LogP contribution in [0.25, 0.3) is 11.3 Å². The predicted octanol–water partition coefficient (Wildman–Crippen LogP) is 3.44. The minimum Gasteiger partial charge on any atom is -0.478 e. The van der Waals surface area contributed by atoms with E-state index in [1.165, 1.54) is 12.3 Å². The highest BCUT2D eigenvalue weighted by atomic mass is 16.5. The molecule has 0 bridgehead atoms. The maximum absolute atomic E-state index is 11.4. The lowest BCUT2D eigenvalue weighted by Crippen LogP contribution is -1.99. The highest BCUT2D eigenvalue weighted by Gasteiger charge is 2.17. The van der Waals surface area contributed by atoms with Gasteiger partial charge in [0.05, 0.1) is 23.4 Å². The molecule has 3 aromatic rings. The van der Waals surface area contributed by atoms with Gasteiger partial charge in [0.25, 0.3) is 0 Å². The molecule has 0 spiro atoms. The molecule has 1 aromatic heterocycles. The first-order valence-electron chi connectivity index (χ1n) is 6.73. The van der Waals surface area contributed by atoms with E-state index >= 15 is 0 Å². The third-order valence-electron chi connectivity index (χ3n) is 3.24. The topological polar surface area (TPSA) is 99.0 Å². The zero-order valence-electron chi connectivity index (χ0n) is 11.9. The van der Waals surface area contributed by atoms with Crippen molar-refractivity contribution in [2.24, 2.45) is 0 Å². The molecule has 0 radical (unpaired) electrons. The van der Waals surface area contributed by atoms with Gasteiger partial charge in [-0.1, -0.05) is 18.2 Å². The third-order valence-corrected chi connectivity index (χ3v) is 3.24. The molecule has 6 heteroatoms. The summed E-state index contributed by atoms with van der Waals surface area (Å²) in [6.07, 6.45) is 1.48. The van der Waals surface area contributed by atoms with Crippen LogP contribution in [0.4, 0.5) is 0 Å². The quantitative estimate of drug-likeness (QED) is 0.769. The molecule has 0 atom stereocenters. The van der Waals surface area contributed by atoms with Crippen molar-refractivity contribution in [2.75, 3.05) is 0 Å². The van der Waals surface area contributed by atoms with E-state index in [0.717, 1.165) is 0 Å². The third kappa shape index (κ3) is 2.89. The number of carbonyl (C=O) groups is 1. The monoisotopic (exact) mass is 305 g/mol. The van der Waals surface area contributed by atoms with E-state index in [0.29, 0.717) is 28.3 Å². The Hall–Kier alpha value is -3.59. The highest BCUT2D eigenvalue weighted by Crippen LogP contribution is 2.33. The smallest absolute Gasteiger partial charge is 0.336 e. The molecule has 0 fully saturated rings. The molecular weight excluding hydrogens is 294 g/mol. The highest BCUT2D eigenvalue weighted by molar-refractivity contribution is 5.96. The van der Waals surface area contributed by atoms with Crippen molar-refractivity contribution in [1.29, 1.82) is 5.26 Å². The molecule has 3 rings (SSSR count). The van der Waals surface area contributed by atoms with Crippen LogP contribution in [0.1, 0.15) is 15.9 Å². The van der Waals surface area contributed by atoms with Crippen LogP contribution in [0.15, 0.2) is 54.7 Å². The number of hydrogen-bond acceptors (Lipinski definition) is 4. The van der Waals surface area contributed by atoms with Crippen LogP contribution in [0.2, 0.25) is 0 Å². The number of carboxylic acid groups (broad SMARTS) is 1. The number of nitriles is 1. The van der Waals surface area contributed by atoms with E-state index in [4.69, 9.17) is 10.00 Å². The van der Waals surface area contributed by atoms with Crippen LogP contribution in [0.3, 0.4) is 0 Å². The summed E-state index contributed by atoms with van der Waals surface area (Å²) < 4.78 is 5.74. The number of carboxylic acids is 1. The second-order valence-electron chi connectivity index (χ2n) is 4.70. The van der Waals surface area contributed by atoms with Crippen molar-refractivity contribution in [3.05, 3.63) is 65.9 Å². The first-order chi connectivity index (χ1) is 11.2. The van der Waals surface area contributed by atoms with Crippen LogP contribution in [-0.4, -0.2) is 21.3 Å². The lowest BCUT2D eigenvalue weighted by atomic mass is 10.0. The second kappa shape index (κ2) is 6.03. The SMILES string of the molecule is N#Cc1ccc(Oc2cn[nH]c2-c2ccccc2C(=O)O)cc1. The number of H-pyrrole nitrogens is 1. The Labute approximate surface area is 131 Å². The van der Waals surface area contributed by atoms with Gasteiger partial charge in [-0.2, -0.15) is 10.4 Å². The molecule has 1 heterocycles. The molecule has 2 N–H and O–H groups in total. The Bertz CT molecular complexity index is 892. The summed E-state index contributed by atoms with van der Waals surface area (Å²) in [6.45, 7) is 0. The number of rotatable bonds is 4. The molecule has 0 aliphatic carbocycles. The lowest BCUT2D eigenvalue weighted by molar-refractivity contribution is 0.0697. The van der Waals surface area contributed by atoms with Crippen molar-refractivity contribution < 1.29 is 14.6 Å². The van der Waals surface area contributed by atoms with Crippen molar-refractivity contribution in [2.45, 2.75) is 0 Å². The lowest BCUT2D eigenvalue weighted by Gasteiger charge is -2.08. The predicted molar refractivity (Wildman–Crippen MR) is 82.2 cm³/mol. The fourth-order valence-electron chi connectivity index (χ4n) is 2.16. The van der Waals surface area contributed by atoms with Crippen molar-refractivity contribution in [3.8, 4) is 28.8 Å². The molecule has 2 aromatic carbocycles. The zero-order chi connectivity index (χ0) is 16.2. The molecule has 0 saturated carbocycles. The van der Waals surface area contributed by atoms with Crippen molar-refractivity contribution >= 4 is 5.97 Å². The summed E-state index contributed by atoms with van der Waals surface area (Å²) in [4.78, 5) is 11.4. The largest absolute Gasteiger partial charge is 0.478 e. The Balaban J connectivity index is 1.97. The fraction of sp³-hybridized carbons (Fsp3) is 0. The summed E-state index contributed by atoms with van der Waals surface area (Å²) >= 11 is 0. The second-order valence-corrected chi connectivity index (χ2v) is 4.70. The Morgan fingerprint density at radius 2 is 1.91 bits per heavy atom. The molecule has 0 unspecified atom stereocenters. The van der Waals surface area contributed by atoms with Crippen LogP contribution in [0, 0.1) is 11.3 Å². The Kier molecular flexibility index (Phi) is 3.77. The number of benzene rings is 2. The van der Waals surface area contributed by atoms with Gasteiger partial charge in [-0.3, -0.25) is 5.10 Å². The van der Waals surface area contributed by atoms with Gasteiger partial charge in [0, 0.05) is 5.56 Å². The Morgan fingerprint density at radius 3 is 2.61 bits per heavy atom. The number of nitrogens with one attached hydrogen (secondary N) is 1. The van der Waals surface area contributed by atoms with E-state index in [2.05, 4.69) is 10.2 Å². The van der Waals surface area contributed by atoms with Gasteiger partial charge >= 0.3 is 5.97 Å². The number of aromatic amines is 1. The maximum atomic E-state index is 11.4. The fourth-order valence-corrected chi connectivity index (χ4v) is 2.16. The molecule has 6 nitrogen and oxygen atoms in total. The molecule has 0 saturated heterocycles. The number of hydrogen-bond donors (Lipinski definition) is 2. The van der Waals surface area contributed by atoms with E-state index < -0.39 is 5.97 Å². The molecule has 0 aliphatic rings. The zero-order valence-corrected chi connectivity index (χ0v) is 11.9. The first-order valence-corrected chi connectivity index (χ1v) is 6.73. The standard InChI is InChI=1S/C17H11N3O3/c18-9-11-5-7-12(8-6-11)23-15-10-19-20-16(15)13-3-1-2-4-14(13)17(21)22/h1-8,10H,(H,19,20)(H,21,22). The van der Waals surface area contributed by atoms with E-state index in [-0.39, 0.29) is 5.56 Å². The number of nitrogens with zero attached hydrogens (tertiary/aromatic N) is 2. The van der Waals surface area contributed by atoms with Gasteiger partial charge in [0.1, 0.15) is 11.4 Å². The van der Waals surface area contributed by atoms with Crippen LogP contribution in [-0.2, 0) is 0 Å². The van der Waals surface area contributed by atoms with Crippen LogP contribution < -0.4 is 4.74 Å². The molecular formula is C17H11N3O3. The van der Waals surface area contributed by atoms with Crippen molar-refractivity contribution in [3.63, 3.8) is 0 Å². The molecule has 0 aliphatic heterocycles. The summed E-state index contributed by atoms with van der Waals surface area (Å²) in [7, 11) is 0. The summed E-state index contributed by atoms with van der Waals surface area (Å²) in [5.41, 5.74) is 1.65. The molecule has 112 valence electrons. The number of aromatic nitrogens is 2. The number of aromatic carboxylic acids is 1. The summed E-state index contributed by atoms with van der Waals surface area (Å²) in [5.74, 6) is -0.0950. The maximum Gasteiger partial charge on any atom is 0.336 e. The van der Waals surface area contributed by atoms with Gasteiger partial charge in [-0.05, 0) is 30.3 Å². The average molecular weight is 305 g/mol. The summed E-state index contributed by atoms with van der Waals surface area (Å²) in [5, 5.41) is 24.8. The van der Waals surface area contributed by atoms with E-state index in [1.54, 1.807) is 42.5 Å². The van der Waals surface area contributed by atoms with Gasteiger partial charge in [-0.25, -0.2) is 4.79 Å².